The normalized spacial score (nSPS) is 13.8. The van der Waals surface area contributed by atoms with Crippen molar-refractivity contribution in [2.24, 2.45) is 0 Å². The lowest BCUT2D eigenvalue weighted by Gasteiger charge is -2.09. The molecular formula is C8H17BrO3. The summed E-state index contributed by atoms with van der Waals surface area (Å²) in [7, 11) is 0. The summed E-state index contributed by atoms with van der Waals surface area (Å²) in [5, 5.41) is 9.61. The second-order valence-electron chi connectivity index (χ2n) is 2.80. The lowest BCUT2D eigenvalue weighted by molar-refractivity contribution is -0.00495. The number of aliphatic hydroxyl groups is 1. The average Bonchev–Trinajstić information content (AvgIpc) is 2.03. The highest BCUT2D eigenvalue weighted by Crippen LogP contribution is 1.92. The number of alkyl halides is 1. The van der Waals surface area contributed by atoms with E-state index in [0.717, 1.165) is 0 Å². The molecule has 1 atom stereocenters. The van der Waals surface area contributed by atoms with Gasteiger partial charge in [0.05, 0.1) is 32.0 Å². The van der Waals surface area contributed by atoms with E-state index in [-0.39, 0.29) is 6.10 Å². The van der Waals surface area contributed by atoms with Crippen LogP contribution in [0.1, 0.15) is 13.8 Å². The molecule has 4 heteroatoms. The highest BCUT2D eigenvalue weighted by Gasteiger charge is 2.00. The van der Waals surface area contributed by atoms with Gasteiger partial charge >= 0.3 is 0 Å². The first-order chi connectivity index (χ1) is 5.66. The van der Waals surface area contributed by atoms with E-state index in [0.29, 0.717) is 25.2 Å². The van der Waals surface area contributed by atoms with Crippen molar-refractivity contribution in [1.82, 2.24) is 0 Å². The van der Waals surface area contributed by atoms with Crippen LogP contribution in [0.25, 0.3) is 0 Å². The number of hydrogen-bond donors (Lipinski definition) is 1. The van der Waals surface area contributed by atoms with Gasteiger partial charge in [0.25, 0.3) is 0 Å². The second-order valence-corrected chi connectivity index (χ2v) is 3.45. The monoisotopic (exact) mass is 240 g/mol. The van der Waals surface area contributed by atoms with Gasteiger partial charge in [-0.05, 0) is 13.8 Å². The maximum absolute atomic E-state index is 9.05. The van der Waals surface area contributed by atoms with Gasteiger partial charge in [-0.2, -0.15) is 0 Å². The standard InChI is InChI=1S/C8H17BrO3/c1-7(2)12-4-3-11-6-8(10)5-9/h7-8,10H,3-6H2,1-2H3. The summed E-state index contributed by atoms with van der Waals surface area (Å²) in [5.74, 6) is 0. The Morgan fingerprint density at radius 2 is 2.00 bits per heavy atom. The Kier molecular flexibility index (Phi) is 8.22. The molecule has 12 heavy (non-hydrogen) atoms. The highest BCUT2D eigenvalue weighted by atomic mass is 79.9. The molecule has 0 saturated heterocycles. The fourth-order valence-electron chi connectivity index (χ4n) is 0.607. The van der Waals surface area contributed by atoms with Crippen molar-refractivity contribution < 1.29 is 14.6 Å². The molecule has 1 N–H and O–H groups in total. The van der Waals surface area contributed by atoms with Crippen LogP contribution in [-0.2, 0) is 9.47 Å². The molecule has 0 saturated carbocycles. The van der Waals surface area contributed by atoms with Gasteiger partial charge in [0.15, 0.2) is 0 Å². The maximum Gasteiger partial charge on any atom is 0.0870 e. The van der Waals surface area contributed by atoms with Crippen LogP contribution in [0, 0.1) is 0 Å². The summed E-state index contributed by atoms with van der Waals surface area (Å²) in [6, 6.07) is 0. The van der Waals surface area contributed by atoms with E-state index in [2.05, 4.69) is 15.9 Å². The molecule has 0 aliphatic rings. The van der Waals surface area contributed by atoms with Crippen molar-refractivity contribution in [3.63, 3.8) is 0 Å². The van der Waals surface area contributed by atoms with E-state index in [9.17, 15) is 0 Å². The van der Waals surface area contributed by atoms with Crippen LogP contribution in [0.2, 0.25) is 0 Å². The molecule has 0 amide bonds. The Labute approximate surface area is 82.2 Å². The van der Waals surface area contributed by atoms with Crippen LogP contribution >= 0.6 is 15.9 Å². The zero-order valence-corrected chi connectivity index (χ0v) is 9.21. The van der Waals surface area contributed by atoms with Crippen molar-refractivity contribution in [1.29, 1.82) is 0 Å². The van der Waals surface area contributed by atoms with Gasteiger partial charge in [-0.15, -0.1) is 0 Å². The van der Waals surface area contributed by atoms with Gasteiger partial charge in [-0.1, -0.05) is 15.9 Å². The molecule has 0 aromatic rings. The topological polar surface area (TPSA) is 38.7 Å². The number of aliphatic hydroxyl groups excluding tert-OH is 1. The van der Waals surface area contributed by atoms with E-state index in [1.165, 1.54) is 0 Å². The molecule has 0 aliphatic heterocycles. The first-order valence-electron chi connectivity index (χ1n) is 4.10. The Balaban J connectivity index is 3.00. The number of hydrogen-bond acceptors (Lipinski definition) is 3. The smallest absolute Gasteiger partial charge is 0.0870 e. The molecule has 0 heterocycles. The minimum Gasteiger partial charge on any atom is -0.390 e. The molecule has 0 aromatic carbocycles. The molecule has 0 aromatic heterocycles. The summed E-state index contributed by atoms with van der Waals surface area (Å²) in [6.45, 7) is 5.46. The van der Waals surface area contributed by atoms with Gasteiger partial charge in [-0.3, -0.25) is 0 Å². The number of rotatable bonds is 7. The van der Waals surface area contributed by atoms with E-state index in [4.69, 9.17) is 14.6 Å². The van der Waals surface area contributed by atoms with Crippen LogP contribution in [-0.4, -0.2) is 42.5 Å². The maximum atomic E-state index is 9.05. The summed E-state index contributed by atoms with van der Waals surface area (Å²) >= 11 is 3.15. The highest BCUT2D eigenvalue weighted by molar-refractivity contribution is 9.09. The molecule has 0 fully saturated rings. The van der Waals surface area contributed by atoms with Gasteiger partial charge < -0.3 is 14.6 Å². The number of halogens is 1. The Hall–Kier alpha value is 0.360. The third kappa shape index (κ3) is 8.46. The quantitative estimate of drug-likeness (QED) is 0.537. The first-order valence-corrected chi connectivity index (χ1v) is 5.22. The van der Waals surface area contributed by atoms with Crippen LogP contribution in [0.15, 0.2) is 0 Å². The predicted molar refractivity (Wildman–Crippen MR) is 51.7 cm³/mol. The Morgan fingerprint density at radius 3 is 2.50 bits per heavy atom. The van der Waals surface area contributed by atoms with Crippen LogP contribution in [0.3, 0.4) is 0 Å². The van der Waals surface area contributed by atoms with Crippen molar-refractivity contribution in [2.75, 3.05) is 25.2 Å². The summed E-state index contributed by atoms with van der Waals surface area (Å²) in [4.78, 5) is 0. The van der Waals surface area contributed by atoms with E-state index < -0.39 is 6.10 Å². The summed E-state index contributed by atoms with van der Waals surface area (Å²) in [6.07, 6.45) is -0.168. The van der Waals surface area contributed by atoms with Gasteiger partial charge in [-0.25, -0.2) is 0 Å². The third-order valence-corrected chi connectivity index (χ3v) is 1.91. The molecule has 0 rings (SSSR count). The third-order valence-electron chi connectivity index (χ3n) is 1.17. The Bertz CT molecular complexity index is 98.3. The fourth-order valence-corrected chi connectivity index (χ4v) is 0.794. The molecule has 0 bridgehead atoms. The van der Waals surface area contributed by atoms with Gasteiger partial charge in [0.2, 0.25) is 0 Å². The van der Waals surface area contributed by atoms with Crippen molar-refractivity contribution in [2.45, 2.75) is 26.1 Å². The molecular weight excluding hydrogens is 224 g/mol. The lowest BCUT2D eigenvalue weighted by Crippen LogP contribution is -2.19. The molecule has 0 radical (unpaired) electrons. The summed E-state index contributed by atoms with van der Waals surface area (Å²) < 4.78 is 10.4. The second kappa shape index (κ2) is 7.98. The summed E-state index contributed by atoms with van der Waals surface area (Å²) in [5.41, 5.74) is 0. The largest absolute Gasteiger partial charge is 0.390 e. The molecule has 0 spiro atoms. The van der Waals surface area contributed by atoms with Crippen LogP contribution in [0.4, 0.5) is 0 Å². The first kappa shape index (κ1) is 12.4. The van der Waals surface area contributed by atoms with Gasteiger partial charge in [0, 0.05) is 5.33 Å². The average molecular weight is 241 g/mol. The van der Waals surface area contributed by atoms with Crippen molar-refractivity contribution >= 4 is 15.9 Å². The SMILES string of the molecule is CC(C)OCCOCC(O)CBr. The molecule has 3 nitrogen and oxygen atoms in total. The number of ether oxygens (including phenoxy) is 2. The van der Waals surface area contributed by atoms with Crippen molar-refractivity contribution in [3.05, 3.63) is 0 Å². The van der Waals surface area contributed by atoms with Gasteiger partial charge in [0.1, 0.15) is 0 Å². The van der Waals surface area contributed by atoms with Crippen molar-refractivity contribution in [3.8, 4) is 0 Å². The fraction of sp³-hybridized carbons (Fsp3) is 1.00. The predicted octanol–water partition coefficient (Wildman–Crippen LogP) is 1.18. The lowest BCUT2D eigenvalue weighted by atomic mass is 10.4. The molecule has 0 aliphatic carbocycles. The Morgan fingerprint density at radius 1 is 1.33 bits per heavy atom. The minimum absolute atomic E-state index is 0.245. The van der Waals surface area contributed by atoms with Crippen LogP contribution in [0.5, 0.6) is 0 Å². The zero-order valence-electron chi connectivity index (χ0n) is 7.62. The minimum atomic E-state index is -0.413. The van der Waals surface area contributed by atoms with E-state index in [1.807, 2.05) is 13.8 Å². The molecule has 1 unspecified atom stereocenters. The van der Waals surface area contributed by atoms with E-state index >= 15 is 0 Å². The van der Waals surface area contributed by atoms with E-state index in [1.54, 1.807) is 0 Å². The zero-order chi connectivity index (χ0) is 9.40. The molecule has 74 valence electrons. The van der Waals surface area contributed by atoms with Crippen LogP contribution < -0.4 is 0 Å².